The fourth-order valence-electron chi connectivity index (χ4n) is 2.37. The van der Waals surface area contributed by atoms with Gasteiger partial charge in [0, 0.05) is 29.3 Å². The summed E-state index contributed by atoms with van der Waals surface area (Å²) in [5, 5.41) is 3.62. The van der Waals surface area contributed by atoms with Gasteiger partial charge in [-0.2, -0.15) is 0 Å². The lowest BCUT2D eigenvalue weighted by atomic mass is 10.1. The van der Waals surface area contributed by atoms with E-state index in [1.54, 1.807) is 18.9 Å². The van der Waals surface area contributed by atoms with Gasteiger partial charge < -0.3 is 19.5 Å². The lowest BCUT2D eigenvalue weighted by Gasteiger charge is -2.15. The minimum Gasteiger partial charge on any atom is -0.481 e. The van der Waals surface area contributed by atoms with E-state index in [0.717, 1.165) is 22.6 Å². The van der Waals surface area contributed by atoms with Crippen molar-refractivity contribution in [2.75, 3.05) is 33.1 Å². The molecule has 0 aliphatic heterocycles. The molecule has 0 aliphatic rings. The monoisotopic (exact) mass is 433 g/mol. The van der Waals surface area contributed by atoms with Crippen LogP contribution in [0.3, 0.4) is 0 Å². The molecule has 0 bridgehead atoms. The minimum atomic E-state index is -0.514. The maximum Gasteiger partial charge on any atom is 0.250 e. The summed E-state index contributed by atoms with van der Waals surface area (Å²) in [4.78, 5) is 13.4. The lowest BCUT2D eigenvalue weighted by molar-refractivity contribution is -0.129. The van der Waals surface area contributed by atoms with E-state index >= 15 is 0 Å². The second-order valence-electron chi connectivity index (χ2n) is 5.95. The van der Waals surface area contributed by atoms with Gasteiger partial charge in [-0.3, -0.25) is 4.79 Å². The van der Waals surface area contributed by atoms with Crippen molar-refractivity contribution in [2.24, 2.45) is 0 Å². The van der Waals surface area contributed by atoms with Gasteiger partial charge in [-0.15, -0.1) is 11.8 Å². The highest BCUT2D eigenvalue weighted by Crippen LogP contribution is 2.21. The summed E-state index contributed by atoms with van der Waals surface area (Å²) in [5.74, 6) is 3.87. The Kier molecular flexibility index (Phi) is 10.3. The maximum absolute atomic E-state index is 12.4. The molecule has 1 amide bonds. The molecule has 2 rings (SSSR count). The predicted octanol–water partition coefficient (Wildman–Crippen LogP) is 3.79. The first-order valence-corrected chi connectivity index (χ1v) is 10.4. The fourth-order valence-corrected chi connectivity index (χ4v) is 3.46. The number of halogens is 1. The van der Waals surface area contributed by atoms with Crippen molar-refractivity contribution >= 4 is 29.3 Å². The van der Waals surface area contributed by atoms with E-state index < -0.39 is 6.10 Å². The summed E-state index contributed by atoms with van der Waals surface area (Å²) in [6.45, 7) is 0.805. The van der Waals surface area contributed by atoms with E-state index in [0.29, 0.717) is 17.3 Å². The van der Waals surface area contributed by atoms with Crippen LogP contribution in [0.1, 0.15) is 5.56 Å². The molecule has 154 valence electrons. The second kappa shape index (κ2) is 13.0. The molecule has 0 spiro atoms. The van der Waals surface area contributed by atoms with Gasteiger partial charge in [-0.05, 0) is 54.3 Å². The van der Waals surface area contributed by atoms with Crippen molar-refractivity contribution in [2.45, 2.75) is 17.4 Å². The molecule has 0 saturated heterocycles. The molecule has 0 saturated carbocycles. The highest BCUT2D eigenvalue weighted by Gasteiger charge is 2.17. The molecule has 2 aromatic rings. The SMILES string of the molecule is COC#CCOc1ccc(CCNC(=O)C(CSc2ccc(Cl)cc2)OC)cc1. The minimum absolute atomic E-state index is 0.120. The summed E-state index contributed by atoms with van der Waals surface area (Å²) < 4.78 is 15.4. The largest absolute Gasteiger partial charge is 0.481 e. The zero-order valence-corrected chi connectivity index (χ0v) is 18.0. The van der Waals surface area contributed by atoms with Gasteiger partial charge in [-0.25, -0.2) is 0 Å². The number of rotatable bonds is 10. The average Bonchev–Trinajstić information content (AvgIpc) is 2.74. The van der Waals surface area contributed by atoms with Gasteiger partial charge in [-0.1, -0.05) is 23.7 Å². The zero-order chi connectivity index (χ0) is 20.9. The highest BCUT2D eigenvalue weighted by atomic mass is 35.5. The Morgan fingerprint density at radius 3 is 2.52 bits per heavy atom. The molecule has 1 atom stereocenters. The number of amides is 1. The quantitative estimate of drug-likeness (QED) is 0.456. The third-order valence-electron chi connectivity index (χ3n) is 3.91. The summed E-state index contributed by atoms with van der Waals surface area (Å²) in [5.41, 5.74) is 1.10. The first-order chi connectivity index (χ1) is 14.1. The molecule has 1 N–H and O–H groups in total. The third kappa shape index (κ3) is 8.70. The molecule has 0 aliphatic carbocycles. The number of hydrogen-bond donors (Lipinski definition) is 1. The summed E-state index contributed by atoms with van der Waals surface area (Å²) in [7, 11) is 3.05. The van der Waals surface area contributed by atoms with Gasteiger partial charge in [0.25, 0.3) is 0 Å². The predicted molar refractivity (Wildman–Crippen MR) is 116 cm³/mol. The van der Waals surface area contributed by atoms with Crippen molar-refractivity contribution in [1.29, 1.82) is 0 Å². The first-order valence-electron chi connectivity index (χ1n) is 9.04. The Bertz CT molecular complexity index is 815. The van der Waals surface area contributed by atoms with Crippen LogP contribution in [0.4, 0.5) is 0 Å². The number of hydrogen-bond acceptors (Lipinski definition) is 5. The van der Waals surface area contributed by atoms with Crippen LogP contribution in [0.15, 0.2) is 53.4 Å². The van der Waals surface area contributed by atoms with Crippen molar-refractivity contribution < 1.29 is 19.0 Å². The fraction of sp³-hybridized carbons (Fsp3) is 0.318. The molecule has 29 heavy (non-hydrogen) atoms. The Labute approximate surface area is 181 Å². The number of benzene rings is 2. The van der Waals surface area contributed by atoms with Gasteiger partial charge >= 0.3 is 0 Å². The van der Waals surface area contributed by atoms with Crippen LogP contribution in [0.25, 0.3) is 0 Å². The van der Waals surface area contributed by atoms with Gasteiger partial charge in [0.05, 0.1) is 7.11 Å². The molecule has 0 aromatic heterocycles. The molecule has 0 heterocycles. The molecule has 2 aromatic carbocycles. The molecule has 5 nitrogen and oxygen atoms in total. The average molecular weight is 434 g/mol. The highest BCUT2D eigenvalue weighted by molar-refractivity contribution is 7.99. The first kappa shape index (κ1) is 23.0. The van der Waals surface area contributed by atoms with Crippen LogP contribution in [-0.4, -0.2) is 45.1 Å². The normalized spacial score (nSPS) is 11.1. The number of carbonyl (C=O) groups is 1. The molecular formula is C22H24ClNO4S. The van der Waals surface area contributed by atoms with Crippen LogP contribution in [0.5, 0.6) is 5.75 Å². The van der Waals surface area contributed by atoms with Crippen LogP contribution in [-0.2, 0) is 20.7 Å². The van der Waals surface area contributed by atoms with Crippen molar-refractivity contribution in [3.63, 3.8) is 0 Å². The number of ether oxygens (including phenoxy) is 3. The van der Waals surface area contributed by atoms with E-state index in [1.165, 1.54) is 7.11 Å². The lowest BCUT2D eigenvalue weighted by Crippen LogP contribution is -2.38. The van der Waals surface area contributed by atoms with Crippen LogP contribution in [0, 0.1) is 12.0 Å². The number of nitrogens with one attached hydrogen (secondary N) is 1. The van der Waals surface area contributed by atoms with E-state index in [9.17, 15) is 4.79 Å². The smallest absolute Gasteiger partial charge is 0.250 e. The van der Waals surface area contributed by atoms with Gasteiger partial charge in [0.1, 0.15) is 18.0 Å². The van der Waals surface area contributed by atoms with E-state index in [2.05, 4.69) is 22.1 Å². The van der Waals surface area contributed by atoms with E-state index in [1.807, 2.05) is 48.5 Å². The van der Waals surface area contributed by atoms with Crippen LogP contribution < -0.4 is 10.1 Å². The number of thioether (sulfide) groups is 1. The number of carbonyl (C=O) groups excluding carboxylic acids is 1. The summed E-state index contributed by atoms with van der Waals surface area (Å²) in [6.07, 6.45) is 2.67. The third-order valence-corrected chi connectivity index (χ3v) is 5.24. The van der Waals surface area contributed by atoms with Crippen molar-refractivity contribution in [1.82, 2.24) is 5.32 Å². The second-order valence-corrected chi connectivity index (χ2v) is 7.48. The molecule has 0 radical (unpaired) electrons. The Balaban J connectivity index is 1.72. The van der Waals surface area contributed by atoms with E-state index in [-0.39, 0.29) is 12.5 Å². The van der Waals surface area contributed by atoms with Crippen molar-refractivity contribution in [3.8, 4) is 17.8 Å². The summed E-state index contributed by atoms with van der Waals surface area (Å²) in [6, 6.07) is 15.2. The Morgan fingerprint density at radius 2 is 1.86 bits per heavy atom. The van der Waals surface area contributed by atoms with Gasteiger partial charge in [0.2, 0.25) is 5.91 Å². The molecule has 1 unspecified atom stereocenters. The van der Waals surface area contributed by atoms with Crippen LogP contribution >= 0.6 is 23.4 Å². The van der Waals surface area contributed by atoms with Crippen LogP contribution in [0.2, 0.25) is 5.02 Å². The molecule has 0 fully saturated rings. The standard InChI is InChI=1S/C22H24ClNO4S/c1-26-14-3-15-28-19-8-4-17(5-9-19)12-13-24-22(25)21(27-2)16-29-20-10-6-18(23)7-11-20/h4-11,21H,12-13,15-16H2,1-2H3,(H,24,25). The zero-order valence-electron chi connectivity index (χ0n) is 16.4. The Morgan fingerprint density at radius 1 is 1.14 bits per heavy atom. The van der Waals surface area contributed by atoms with Crippen molar-refractivity contribution in [3.05, 3.63) is 59.1 Å². The van der Waals surface area contributed by atoms with Gasteiger partial charge in [0.15, 0.2) is 6.61 Å². The Hall–Kier alpha value is -2.33. The van der Waals surface area contributed by atoms with E-state index in [4.69, 9.17) is 21.1 Å². The maximum atomic E-state index is 12.4. The number of methoxy groups -OCH3 is 2. The topological polar surface area (TPSA) is 56.8 Å². The summed E-state index contributed by atoms with van der Waals surface area (Å²) >= 11 is 7.44. The molecular weight excluding hydrogens is 410 g/mol. The molecule has 7 heteroatoms.